The summed E-state index contributed by atoms with van der Waals surface area (Å²) in [5.41, 5.74) is 0.273. The third kappa shape index (κ3) is 6.79. The quantitative estimate of drug-likeness (QED) is 0.361. The zero-order valence-electron chi connectivity index (χ0n) is 24.4. The molecular weight excluding hydrogens is 562 g/mol. The summed E-state index contributed by atoms with van der Waals surface area (Å²) in [6, 6.07) is 7.95. The van der Waals surface area contributed by atoms with E-state index in [4.69, 9.17) is 0 Å². The molecule has 11 nitrogen and oxygen atoms in total. The maximum atomic E-state index is 13.4. The van der Waals surface area contributed by atoms with Crippen LogP contribution in [0.1, 0.15) is 67.2 Å². The number of rotatable bonds is 7. The second kappa shape index (κ2) is 10.1. The third-order valence-corrected chi connectivity index (χ3v) is 10.6. The van der Waals surface area contributed by atoms with Crippen LogP contribution < -0.4 is 19.7 Å². The number of fused-ring (bicyclic) bond motifs is 1. The normalized spacial score (nSPS) is 17.7. The Labute approximate surface area is 242 Å². The molecule has 2 fully saturated rings. The number of anilines is 3. The molecule has 0 radical (unpaired) electrons. The van der Waals surface area contributed by atoms with Gasteiger partial charge in [0.1, 0.15) is 18.0 Å². The minimum atomic E-state index is -3.86. The Morgan fingerprint density at radius 1 is 0.829 bits per heavy atom. The van der Waals surface area contributed by atoms with E-state index in [0.717, 1.165) is 25.9 Å². The van der Waals surface area contributed by atoms with E-state index in [0.29, 0.717) is 27.8 Å². The van der Waals surface area contributed by atoms with Crippen molar-refractivity contribution in [3.63, 3.8) is 0 Å². The summed E-state index contributed by atoms with van der Waals surface area (Å²) in [4.78, 5) is 15.6. The van der Waals surface area contributed by atoms with Crippen molar-refractivity contribution in [1.29, 1.82) is 0 Å². The van der Waals surface area contributed by atoms with E-state index in [9.17, 15) is 16.8 Å². The van der Waals surface area contributed by atoms with Crippen molar-refractivity contribution in [3.8, 4) is 0 Å². The lowest BCUT2D eigenvalue weighted by molar-refractivity contribution is 0.385. The predicted molar refractivity (Wildman–Crippen MR) is 160 cm³/mol. The van der Waals surface area contributed by atoms with Gasteiger partial charge in [-0.25, -0.2) is 41.2 Å². The van der Waals surface area contributed by atoms with Gasteiger partial charge in [0.2, 0.25) is 10.0 Å². The van der Waals surface area contributed by atoms with Crippen molar-refractivity contribution in [2.75, 3.05) is 23.3 Å². The second-order valence-corrected chi connectivity index (χ2v) is 16.6. The van der Waals surface area contributed by atoms with Gasteiger partial charge in [0.25, 0.3) is 10.0 Å². The van der Waals surface area contributed by atoms with Gasteiger partial charge in [0.05, 0.1) is 21.5 Å². The fraction of sp³-hybridized carbons (Fsp3) is 0.536. The SMILES string of the molecule is CC(C)(C)NS(=O)(=O)c1cc(N2CCC3(CC2)CC3)c2c(Nc3cccc(S(=O)(=O)NC(C)(C)C)n3)ncnc2c1. The Bertz CT molecular complexity index is 1680. The number of hydrogen-bond donors (Lipinski definition) is 3. The summed E-state index contributed by atoms with van der Waals surface area (Å²) in [5, 5.41) is 3.71. The van der Waals surface area contributed by atoms with E-state index in [1.807, 2.05) is 0 Å². The van der Waals surface area contributed by atoms with E-state index in [1.54, 1.807) is 65.8 Å². The first-order valence-electron chi connectivity index (χ1n) is 13.8. The monoisotopic (exact) mass is 601 g/mol. The average Bonchev–Trinajstić information content (AvgIpc) is 3.60. The maximum Gasteiger partial charge on any atom is 0.258 e. The summed E-state index contributed by atoms with van der Waals surface area (Å²) in [6.07, 6.45) is 5.95. The average molecular weight is 602 g/mol. The molecule has 1 spiro atoms. The molecule has 3 heterocycles. The molecule has 1 saturated carbocycles. The van der Waals surface area contributed by atoms with Gasteiger partial charge in [0, 0.05) is 24.2 Å². The zero-order chi connectivity index (χ0) is 29.8. The molecular formula is C28H39N7O4S2. The van der Waals surface area contributed by atoms with Crippen LogP contribution in [0.2, 0.25) is 0 Å². The van der Waals surface area contributed by atoms with Gasteiger partial charge in [-0.2, -0.15) is 0 Å². The zero-order valence-corrected chi connectivity index (χ0v) is 26.1. The van der Waals surface area contributed by atoms with Crippen LogP contribution in [0.25, 0.3) is 10.9 Å². The Kier molecular flexibility index (Phi) is 7.33. The molecule has 1 aromatic carbocycles. The van der Waals surface area contributed by atoms with Gasteiger partial charge >= 0.3 is 0 Å². The molecule has 5 rings (SSSR count). The van der Waals surface area contributed by atoms with Crippen molar-refractivity contribution in [1.82, 2.24) is 24.4 Å². The van der Waals surface area contributed by atoms with Crippen LogP contribution in [0.3, 0.4) is 0 Å². The first-order chi connectivity index (χ1) is 19.0. The molecule has 0 bridgehead atoms. The van der Waals surface area contributed by atoms with Gasteiger partial charge < -0.3 is 10.2 Å². The van der Waals surface area contributed by atoms with Gasteiger partial charge in [-0.05, 0) is 96.9 Å². The van der Waals surface area contributed by atoms with Crippen LogP contribution in [-0.4, -0.2) is 56.0 Å². The largest absolute Gasteiger partial charge is 0.371 e. The van der Waals surface area contributed by atoms with Crippen LogP contribution in [0.15, 0.2) is 46.6 Å². The number of hydrogen-bond acceptors (Lipinski definition) is 9. The van der Waals surface area contributed by atoms with Gasteiger partial charge in [-0.15, -0.1) is 0 Å². The van der Waals surface area contributed by atoms with Crippen LogP contribution >= 0.6 is 0 Å². The highest BCUT2D eigenvalue weighted by Crippen LogP contribution is 2.54. The highest BCUT2D eigenvalue weighted by atomic mass is 32.2. The molecule has 0 atom stereocenters. The summed E-state index contributed by atoms with van der Waals surface area (Å²) < 4.78 is 58.0. The number of aromatic nitrogens is 3. The molecule has 0 amide bonds. The maximum absolute atomic E-state index is 13.4. The Morgan fingerprint density at radius 3 is 2.07 bits per heavy atom. The van der Waals surface area contributed by atoms with E-state index < -0.39 is 31.1 Å². The minimum Gasteiger partial charge on any atom is -0.371 e. The van der Waals surface area contributed by atoms with Crippen LogP contribution in [0, 0.1) is 5.41 Å². The van der Waals surface area contributed by atoms with Crippen molar-refractivity contribution in [2.24, 2.45) is 5.41 Å². The lowest BCUT2D eigenvalue weighted by Gasteiger charge is -2.35. The first kappa shape index (κ1) is 29.6. The standard InChI is InChI=1S/C28H39N7O4S2/c1-26(2,3)33-40(36,37)19-16-20-24(21(17-19)35-14-12-28(10-11-28)13-15-35)25(30-18-29-20)32-22-8-7-9-23(31-22)41(38,39)34-27(4,5)6/h7-9,16-18,33-34H,10-15H2,1-6H3,(H,29,30,31,32). The molecule has 2 aromatic heterocycles. The van der Waals surface area contributed by atoms with Crippen LogP contribution in [0.4, 0.5) is 17.3 Å². The van der Waals surface area contributed by atoms with Crippen molar-refractivity contribution in [2.45, 2.75) is 88.2 Å². The number of pyridine rings is 1. The summed E-state index contributed by atoms with van der Waals surface area (Å²) in [6.45, 7) is 12.3. The Balaban J connectivity index is 1.58. The lowest BCUT2D eigenvalue weighted by Crippen LogP contribution is -2.40. The molecule has 3 N–H and O–H groups in total. The van der Waals surface area contributed by atoms with Gasteiger partial charge in [-0.1, -0.05) is 6.07 Å². The molecule has 41 heavy (non-hydrogen) atoms. The minimum absolute atomic E-state index is 0.122. The lowest BCUT2D eigenvalue weighted by atomic mass is 9.93. The topological polar surface area (TPSA) is 146 Å². The van der Waals surface area contributed by atoms with Gasteiger partial charge in [0.15, 0.2) is 5.03 Å². The molecule has 1 aliphatic carbocycles. The third-order valence-electron chi connectivity index (χ3n) is 7.25. The molecule has 3 aromatic rings. The van der Waals surface area contributed by atoms with Crippen molar-refractivity contribution < 1.29 is 16.8 Å². The molecule has 1 aliphatic heterocycles. The number of benzene rings is 1. The fourth-order valence-electron chi connectivity index (χ4n) is 5.22. The predicted octanol–water partition coefficient (Wildman–Crippen LogP) is 4.30. The van der Waals surface area contributed by atoms with E-state index in [2.05, 4.69) is 34.6 Å². The summed E-state index contributed by atoms with van der Waals surface area (Å²) >= 11 is 0. The highest BCUT2D eigenvalue weighted by Gasteiger charge is 2.44. The molecule has 1 saturated heterocycles. The number of sulfonamides is 2. The van der Waals surface area contributed by atoms with Crippen molar-refractivity contribution in [3.05, 3.63) is 36.7 Å². The van der Waals surface area contributed by atoms with Gasteiger partial charge in [-0.3, -0.25) is 0 Å². The molecule has 2 aliphatic rings. The highest BCUT2D eigenvalue weighted by molar-refractivity contribution is 7.89. The smallest absolute Gasteiger partial charge is 0.258 e. The van der Waals surface area contributed by atoms with E-state index >= 15 is 0 Å². The summed E-state index contributed by atoms with van der Waals surface area (Å²) in [5.74, 6) is 0.699. The summed E-state index contributed by atoms with van der Waals surface area (Å²) in [7, 11) is -7.69. The Morgan fingerprint density at radius 2 is 1.46 bits per heavy atom. The molecule has 13 heteroatoms. The van der Waals surface area contributed by atoms with Crippen LogP contribution in [0.5, 0.6) is 0 Å². The van der Waals surface area contributed by atoms with Crippen molar-refractivity contribution >= 4 is 48.3 Å². The number of nitrogens with one attached hydrogen (secondary N) is 3. The first-order valence-corrected chi connectivity index (χ1v) is 16.8. The molecule has 0 unspecified atom stereocenters. The molecule has 222 valence electrons. The fourth-order valence-corrected chi connectivity index (χ4v) is 8.06. The number of nitrogens with zero attached hydrogens (tertiary/aromatic N) is 4. The van der Waals surface area contributed by atoms with Crippen LogP contribution in [-0.2, 0) is 20.0 Å². The second-order valence-electron chi connectivity index (χ2n) is 13.2. The Hall–Kier alpha value is -2.87. The number of piperidine rings is 1. The van der Waals surface area contributed by atoms with E-state index in [-0.39, 0.29) is 15.7 Å². The van der Waals surface area contributed by atoms with E-state index in [1.165, 1.54) is 25.2 Å².